The van der Waals surface area contributed by atoms with Crippen molar-refractivity contribution in [2.24, 2.45) is 0 Å². The van der Waals surface area contributed by atoms with E-state index >= 15 is 0 Å². The minimum atomic E-state index is 1.22. The molecular weight excluding hydrogens is 300 g/mol. The molecule has 0 aromatic heterocycles. The number of hydrogen-bond acceptors (Lipinski definition) is 0. The van der Waals surface area contributed by atoms with Crippen LogP contribution in [0.4, 0.5) is 0 Å². The summed E-state index contributed by atoms with van der Waals surface area (Å²) in [6.07, 6.45) is 17.1. The van der Waals surface area contributed by atoms with Crippen molar-refractivity contribution in [2.75, 3.05) is 0 Å². The fourth-order valence-electron chi connectivity index (χ4n) is 2.13. The van der Waals surface area contributed by atoms with Gasteiger partial charge in [0.2, 0.25) is 0 Å². The van der Waals surface area contributed by atoms with Gasteiger partial charge >= 0.3 is 0 Å². The Balaban J connectivity index is 0.00000277. The Morgan fingerprint density at radius 3 is 1.96 bits per heavy atom. The minimum Gasteiger partial charge on any atom is -0.0876 e. The van der Waals surface area contributed by atoms with Crippen LogP contribution in [0.2, 0.25) is 0 Å². The Morgan fingerprint density at radius 1 is 0.800 bits per heavy atom. The molecule has 0 fully saturated rings. The van der Waals surface area contributed by atoms with Crippen LogP contribution in [0.5, 0.6) is 0 Å². The molecule has 25 heavy (non-hydrogen) atoms. The summed E-state index contributed by atoms with van der Waals surface area (Å²) in [4.78, 5) is 0. The third kappa shape index (κ3) is 9.52. The van der Waals surface area contributed by atoms with Crippen molar-refractivity contribution in [1.82, 2.24) is 0 Å². The molecule has 0 aliphatic heterocycles. The van der Waals surface area contributed by atoms with Crippen LogP contribution >= 0.6 is 0 Å². The molecule has 1 aromatic rings. The highest BCUT2D eigenvalue weighted by Crippen LogP contribution is 2.21. The molecule has 0 heteroatoms. The molecule has 0 N–H and O–H groups in total. The Kier molecular flexibility index (Phi) is 12.7. The zero-order valence-electron chi connectivity index (χ0n) is 17.0. The quantitative estimate of drug-likeness (QED) is 0.461. The van der Waals surface area contributed by atoms with Crippen molar-refractivity contribution in [2.45, 2.75) is 48.5 Å². The summed E-state index contributed by atoms with van der Waals surface area (Å²) in [6, 6.07) is 10.5. The van der Waals surface area contributed by atoms with E-state index in [9.17, 15) is 0 Å². The van der Waals surface area contributed by atoms with Gasteiger partial charge in [-0.05, 0) is 56.9 Å². The summed E-state index contributed by atoms with van der Waals surface area (Å²) in [5.41, 5.74) is 6.23. The van der Waals surface area contributed by atoms with Gasteiger partial charge < -0.3 is 0 Å². The normalized spacial score (nSPS) is 13.0. The van der Waals surface area contributed by atoms with Gasteiger partial charge in [0, 0.05) is 0 Å². The number of benzene rings is 1. The first kappa shape index (κ1) is 22.7. The average Bonchev–Trinajstić information content (AvgIpc) is 2.64. The summed E-state index contributed by atoms with van der Waals surface area (Å²) in [6.45, 7) is 14.5. The summed E-state index contributed by atoms with van der Waals surface area (Å²) in [5.74, 6) is 0. The maximum absolute atomic E-state index is 2.25. The van der Waals surface area contributed by atoms with Gasteiger partial charge in [0.05, 0.1) is 0 Å². The molecule has 0 radical (unpaired) electrons. The Morgan fingerprint density at radius 2 is 1.44 bits per heavy atom. The molecule has 0 nitrogen and oxygen atoms in total. The van der Waals surface area contributed by atoms with Gasteiger partial charge in [0.1, 0.15) is 0 Å². The third-order valence-corrected chi connectivity index (χ3v) is 3.35. The SMILES string of the molecule is CC.C\C=C/C=C(\C=C(C)\C(\C=C/C)=C\C=C(C)C)c1ccccc1. The van der Waals surface area contributed by atoms with Crippen molar-refractivity contribution in [3.8, 4) is 0 Å². The maximum Gasteiger partial charge on any atom is -0.0181 e. The average molecular weight is 335 g/mol. The van der Waals surface area contributed by atoms with E-state index in [1.165, 1.54) is 27.9 Å². The van der Waals surface area contributed by atoms with Gasteiger partial charge in [0.25, 0.3) is 0 Å². The second kappa shape index (κ2) is 14.0. The highest BCUT2D eigenvalue weighted by Gasteiger charge is 2.00. The van der Waals surface area contributed by atoms with Crippen LogP contribution < -0.4 is 0 Å². The predicted octanol–water partition coefficient (Wildman–Crippen LogP) is 8.09. The highest BCUT2D eigenvalue weighted by molar-refractivity contribution is 5.77. The highest BCUT2D eigenvalue weighted by atomic mass is 14.1. The second-order valence-corrected chi connectivity index (χ2v) is 5.71. The van der Waals surface area contributed by atoms with Crippen LogP contribution in [0.1, 0.15) is 54.0 Å². The zero-order valence-corrected chi connectivity index (χ0v) is 17.0. The molecule has 0 aliphatic rings. The van der Waals surface area contributed by atoms with E-state index < -0.39 is 0 Å². The fraction of sp³-hybridized carbons (Fsp3) is 0.280. The lowest BCUT2D eigenvalue weighted by molar-refractivity contribution is 1.37. The van der Waals surface area contributed by atoms with Crippen LogP contribution in [0.25, 0.3) is 5.57 Å². The second-order valence-electron chi connectivity index (χ2n) is 5.71. The molecule has 134 valence electrons. The Labute approximate surface area is 155 Å². The zero-order chi connectivity index (χ0) is 19.1. The van der Waals surface area contributed by atoms with Gasteiger partial charge in [-0.2, -0.15) is 0 Å². The molecule has 0 atom stereocenters. The molecule has 0 saturated carbocycles. The van der Waals surface area contributed by atoms with Crippen molar-refractivity contribution in [1.29, 1.82) is 0 Å². The van der Waals surface area contributed by atoms with E-state index in [2.05, 4.69) is 101 Å². The predicted molar refractivity (Wildman–Crippen MR) is 117 cm³/mol. The van der Waals surface area contributed by atoms with Crippen molar-refractivity contribution in [3.05, 3.63) is 101 Å². The number of allylic oxidation sites excluding steroid dienone is 12. The minimum absolute atomic E-state index is 1.22. The van der Waals surface area contributed by atoms with Crippen molar-refractivity contribution < 1.29 is 0 Å². The van der Waals surface area contributed by atoms with Crippen LogP contribution in [-0.4, -0.2) is 0 Å². The van der Waals surface area contributed by atoms with Crippen LogP contribution in [0.15, 0.2) is 95.7 Å². The molecule has 0 heterocycles. The van der Waals surface area contributed by atoms with E-state index in [0.717, 1.165) is 0 Å². The lowest BCUT2D eigenvalue weighted by Gasteiger charge is -2.07. The number of rotatable bonds is 6. The fourth-order valence-corrected chi connectivity index (χ4v) is 2.13. The van der Waals surface area contributed by atoms with Gasteiger partial charge in [0.15, 0.2) is 0 Å². The molecular formula is C25H34. The van der Waals surface area contributed by atoms with E-state index in [1.807, 2.05) is 26.8 Å². The topological polar surface area (TPSA) is 0 Å². The van der Waals surface area contributed by atoms with E-state index in [-0.39, 0.29) is 0 Å². The third-order valence-electron chi connectivity index (χ3n) is 3.35. The lowest BCUT2D eigenvalue weighted by atomic mass is 9.98. The summed E-state index contributed by atoms with van der Waals surface area (Å²) >= 11 is 0. The first-order valence-corrected chi connectivity index (χ1v) is 9.13. The molecule has 0 amide bonds. The summed E-state index contributed by atoms with van der Waals surface area (Å²) in [5, 5.41) is 0. The number of hydrogen-bond donors (Lipinski definition) is 0. The molecule has 0 saturated heterocycles. The van der Waals surface area contributed by atoms with E-state index in [4.69, 9.17) is 0 Å². The summed E-state index contributed by atoms with van der Waals surface area (Å²) in [7, 11) is 0. The van der Waals surface area contributed by atoms with Gasteiger partial charge in [-0.15, -0.1) is 0 Å². The largest absolute Gasteiger partial charge is 0.0876 e. The standard InChI is InChI=1S/C23H28.C2H6/c1-6-8-13-23(22-14-10-9-11-15-22)18-20(5)21(12-7-2)17-16-19(3)4;1-2/h6-18H,1-5H3;1-2H3/b8-6-,12-7-,20-18+,21-17+,23-13+;. The van der Waals surface area contributed by atoms with Crippen LogP contribution in [0.3, 0.4) is 0 Å². The smallest absolute Gasteiger partial charge is 0.0181 e. The molecule has 0 unspecified atom stereocenters. The van der Waals surface area contributed by atoms with Crippen molar-refractivity contribution >= 4 is 5.57 Å². The molecule has 0 aliphatic carbocycles. The van der Waals surface area contributed by atoms with Gasteiger partial charge in [-0.3, -0.25) is 0 Å². The van der Waals surface area contributed by atoms with Crippen molar-refractivity contribution in [3.63, 3.8) is 0 Å². The monoisotopic (exact) mass is 334 g/mol. The lowest BCUT2D eigenvalue weighted by Crippen LogP contribution is -1.86. The molecule has 1 rings (SSSR count). The maximum atomic E-state index is 2.25. The Bertz CT molecular complexity index is 655. The summed E-state index contributed by atoms with van der Waals surface area (Å²) < 4.78 is 0. The van der Waals surface area contributed by atoms with Crippen LogP contribution in [0, 0.1) is 0 Å². The Hall–Kier alpha value is -2.34. The molecule has 1 aromatic carbocycles. The molecule has 0 spiro atoms. The van der Waals surface area contributed by atoms with E-state index in [0.29, 0.717) is 0 Å². The van der Waals surface area contributed by atoms with Crippen LogP contribution in [-0.2, 0) is 0 Å². The first-order valence-electron chi connectivity index (χ1n) is 9.13. The van der Waals surface area contributed by atoms with Gasteiger partial charge in [-0.25, -0.2) is 0 Å². The van der Waals surface area contributed by atoms with E-state index in [1.54, 1.807) is 0 Å². The first-order chi connectivity index (χ1) is 12.1. The van der Waals surface area contributed by atoms with Gasteiger partial charge in [-0.1, -0.05) is 98.4 Å². The molecule has 0 bridgehead atoms.